The molecule has 0 aliphatic heterocycles. The predicted molar refractivity (Wildman–Crippen MR) is 91.8 cm³/mol. The lowest BCUT2D eigenvalue weighted by Crippen LogP contribution is -2.30. The van der Waals surface area contributed by atoms with Gasteiger partial charge in [-0.3, -0.25) is 9.59 Å². The summed E-state index contributed by atoms with van der Waals surface area (Å²) in [5.74, 6) is 0.631. The molecule has 0 heterocycles. The average molecular weight is 327 g/mol. The largest absolute Gasteiger partial charge is 0.493 e. The topological polar surface area (TPSA) is 64.6 Å². The van der Waals surface area contributed by atoms with Gasteiger partial charge in [0.05, 0.1) is 7.11 Å². The summed E-state index contributed by atoms with van der Waals surface area (Å²) in [6, 6.07) is 12.9. The fourth-order valence-corrected chi connectivity index (χ4v) is 2.30. The molecule has 0 atom stereocenters. The van der Waals surface area contributed by atoms with Crippen LogP contribution >= 0.6 is 0 Å². The molecule has 0 saturated heterocycles. The van der Waals surface area contributed by atoms with Crippen LogP contribution in [0.2, 0.25) is 0 Å². The van der Waals surface area contributed by atoms with Gasteiger partial charge in [-0.2, -0.15) is 0 Å². The van der Waals surface area contributed by atoms with Crippen LogP contribution in [0.1, 0.15) is 21.5 Å². The lowest BCUT2D eigenvalue weighted by Gasteiger charge is -2.11. The van der Waals surface area contributed by atoms with Crippen molar-refractivity contribution < 1.29 is 19.1 Å². The lowest BCUT2D eigenvalue weighted by atomic mass is 10.1. The molecule has 2 rings (SSSR count). The molecule has 1 N–H and O–H groups in total. The van der Waals surface area contributed by atoms with Gasteiger partial charge in [-0.25, -0.2) is 0 Å². The highest BCUT2D eigenvalue weighted by Crippen LogP contribution is 2.27. The van der Waals surface area contributed by atoms with E-state index < -0.39 is 0 Å². The number of methoxy groups -OCH3 is 1. The number of aryl methyl sites for hydroxylation is 1. The van der Waals surface area contributed by atoms with E-state index in [1.165, 1.54) is 18.2 Å². The van der Waals surface area contributed by atoms with Crippen molar-refractivity contribution in [3.8, 4) is 11.5 Å². The maximum absolute atomic E-state index is 11.9. The Morgan fingerprint density at radius 2 is 1.96 bits per heavy atom. The van der Waals surface area contributed by atoms with Crippen molar-refractivity contribution in [1.82, 2.24) is 5.32 Å². The minimum Gasteiger partial charge on any atom is -0.493 e. The van der Waals surface area contributed by atoms with Crippen molar-refractivity contribution in [3.63, 3.8) is 0 Å². The highest BCUT2D eigenvalue weighted by atomic mass is 16.5. The van der Waals surface area contributed by atoms with Gasteiger partial charge in [-0.05, 0) is 42.7 Å². The third kappa shape index (κ3) is 4.84. The molecule has 126 valence electrons. The third-order valence-electron chi connectivity index (χ3n) is 3.66. The van der Waals surface area contributed by atoms with Crippen LogP contribution in [0.4, 0.5) is 0 Å². The van der Waals surface area contributed by atoms with Crippen molar-refractivity contribution in [2.75, 3.05) is 20.3 Å². The Morgan fingerprint density at radius 3 is 2.67 bits per heavy atom. The Bertz CT molecular complexity index is 712. The smallest absolute Gasteiger partial charge is 0.257 e. The van der Waals surface area contributed by atoms with Crippen molar-refractivity contribution in [2.24, 2.45) is 0 Å². The molecule has 5 nitrogen and oxygen atoms in total. The number of ether oxygens (including phenoxy) is 2. The molecule has 2 aromatic rings. The first-order valence-corrected chi connectivity index (χ1v) is 7.71. The SMILES string of the molecule is COc1ccc(C=O)cc1OCC(=O)NCCc1ccccc1C. The zero-order valence-electron chi connectivity index (χ0n) is 13.9. The van der Waals surface area contributed by atoms with Crippen LogP contribution in [0.25, 0.3) is 0 Å². The van der Waals surface area contributed by atoms with Crippen molar-refractivity contribution in [3.05, 3.63) is 59.2 Å². The number of amides is 1. The zero-order chi connectivity index (χ0) is 17.4. The van der Waals surface area contributed by atoms with Gasteiger partial charge in [0.2, 0.25) is 0 Å². The summed E-state index contributed by atoms with van der Waals surface area (Å²) in [7, 11) is 1.51. The van der Waals surface area contributed by atoms with E-state index in [-0.39, 0.29) is 12.5 Å². The molecule has 2 aromatic carbocycles. The van der Waals surface area contributed by atoms with E-state index in [0.29, 0.717) is 29.9 Å². The van der Waals surface area contributed by atoms with Crippen LogP contribution in [0.5, 0.6) is 11.5 Å². The Morgan fingerprint density at radius 1 is 1.17 bits per heavy atom. The molecule has 0 fully saturated rings. The number of nitrogens with one attached hydrogen (secondary N) is 1. The first-order valence-electron chi connectivity index (χ1n) is 7.71. The summed E-state index contributed by atoms with van der Waals surface area (Å²) in [6.45, 7) is 2.46. The molecule has 0 bridgehead atoms. The van der Waals surface area contributed by atoms with Crippen LogP contribution in [0.3, 0.4) is 0 Å². The standard InChI is InChI=1S/C19H21NO4/c1-14-5-3-4-6-16(14)9-10-20-19(22)13-24-18-11-15(12-21)7-8-17(18)23-2/h3-8,11-12H,9-10,13H2,1-2H3,(H,20,22). The predicted octanol–water partition coefficient (Wildman–Crippen LogP) is 2.55. The summed E-state index contributed by atoms with van der Waals surface area (Å²) in [4.78, 5) is 22.7. The van der Waals surface area contributed by atoms with Gasteiger partial charge in [0, 0.05) is 12.1 Å². The van der Waals surface area contributed by atoms with E-state index in [9.17, 15) is 9.59 Å². The number of aldehydes is 1. The molecule has 0 spiro atoms. The van der Waals surface area contributed by atoms with Gasteiger partial charge in [0.25, 0.3) is 5.91 Å². The molecule has 0 aliphatic rings. The van der Waals surface area contributed by atoms with Gasteiger partial charge in [0.15, 0.2) is 18.1 Å². The minimum absolute atomic E-state index is 0.132. The molecule has 0 aliphatic carbocycles. The van der Waals surface area contributed by atoms with Crippen LogP contribution in [0, 0.1) is 6.92 Å². The van der Waals surface area contributed by atoms with E-state index in [0.717, 1.165) is 6.42 Å². The summed E-state index contributed by atoms with van der Waals surface area (Å²) < 4.78 is 10.6. The second kappa shape index (κ2) is 8.72. The van der Waals surface area contributed by atoms with Crippen LogP contribution in [-0.4, -0.2) is 32.5 Å². The number of carbonyl (C=O) groups is 2. The van der Waals surface area contributed by atoms with Gasteiger partial charge >= 0.3 is 0 Å². The van der Waals surface area contributed by atoms with E-state index >= 15 is 0 Å². The normalized spacial score (nSPS) is 10.1. The molecule has 24 heavy (non-hydrogen) atoms. The zero-order valence-corrected chi connectivity index (χ0v) is 13.9. The van der Waals surface area contributed by atoms with Gasteiger partial charge in [-0.1, -0.05) is 24.3 Å². The highest BCUT2D eigenvalue weighted by Gasteiger charge is 2.08. The second-order valence-electron chi connectivity index (χ2n) is 5.34. The summed E-state index contributed by atoms with van der Waals surface area (Å²) in [5, 5.41) is 2.82. The number of hydrogen-bond donors (Lipinski definition) is 1. The van der Waals surface area contributed by atoms with Crippen molar-refractivity contribution in [2.45, 2.75) is 13.3 Å². The Kier molecular flexibility index (Phi) is 6.37. The van der Waals surface area contributed by atoms with E-state index in [1.54, 1.807) is 18.2 Å². The Labute approximate surface area is 141 Å². The number of benzene rings is 2. The van der Waals surface area contributed by atoms with Crippen LogP contribution in [-0.2, 0) is 11.2 Å². The number of carbonyl (C=O) groups excluding carboxylic acids is 2. The summed E-state index contributed by atoms with van der Waals surface area (Å²) in [5.41, 5.74) is 2.88. The number of hydrogen-bond acceptors (Lipinski definition) is 4. The maximum Gasteiger partial charge on any atom is 0.257 e. The monoisotopic (exact) mass is 327 g/mol. The third-order valence-corrected chi connectivity index (χ3v) is 3.66. The lowest BCUT2D eigenvalue weighted by molar-refractivity contribution is -0.123. The van der Waals surface area contributed by atoms with Crippen LogP contribution < -0.4 is 14.8 Å². The Balaban J connectivity index is 1.83. The molecular formula is C19H21NO4. The minimum atomic E-state index is -0.220. The number of rotatable bonds is 8. The average Bonchev–Trinajstić information content (AvgIpc) is 2.61. The first-order chi connectivity index (χ1) is 11.6. The van der Waals surface area contributed by atoms with E-state index in [1.807, 2.05) is 31.2 Å². The molecular weight excluding hydrogens is 306 g/mol. The van der Waals surface area contributed by atoms with Gasteiger partial charge in [0.1, 0.15) is 6.29 Å². The fraction of sp³-hybridized carbons (Fsp3) is 0.263. The molecule has 0 unspecified atom stereocenters. The second-order valence-corrected chi connectivity index (χ2v) is 5.34. The fourth-order valence-electron chi connectivity index (χ4n) is 2.30. The summed E-state index contributed by atoms with van der Waals surface area (Å²) in [6.07, 6.45) is 1.48. The maximum atomic E-state index is 11.9. The first kappa shape index (κ1) is 17.5. The van der Waals surface area contributed by atoms with Crippen molar-refractivity contribution in [1.29, 1.82) is 0 Å². The highest BCUT2D eigenvalue weighted by molar-refractivity contribution is 5.78. The van der Waals surface area contributed by atoms with E-state index in [2.05, 4.69) is 5.32 Å². The Hall–Kier alpha value is -2.82. The van der Waals surface area contributed by atoms with Gasteiger partial charge in [-0.15, -0.1) is 0 Å². The molecule has 0 radical (unpaired) electrons. The van der Waals surface area contributed by atoms with E-state index in [4.69, 9.17) is 9.47 Å². The molecule has 0 saturated carbocycles. The summed E-state index contributed by atoms with van der Waals surface area (Å²) >= 11 is 0. The molecule has 5 heteroatoms. The van der Waals surface area contributed by atoms with Crippen LogP contribution in [0.15, 0.2) is 42.5 Å². The van der Waals surface area contributed by atoms with Crippen molar-refractivity contribution >= 4 is 12.2 Å². The molecule has 0 aromatic heterocycles. The van der Waals surface area contributed by atoms with Gasteiger partial charge < -0.3 is 14.8 Å². The molecule has 1 amide bonds. The quantitative estimate of drug-likeness (QED) is 0.757.